The fraction of sp³-hybridized carbons (Fsp3) is 0. The molecule has 0 saturated carbocycles. The molecular weight excluding hydrogens is 329 g/mol. The summed E-state index contributed by atoms with van der Waals surface area (Å²) in [5.41, 5.74) is 1.57. The van der Waals surface area contributed by atoms with E-state index in [1.54, 1.807) is 24.3 Å². The van der Waals surface area contributed by atoms with Crippen LogP contribution in [0.5, 0.6) is 0 Å². The largest absolute Gasteiger partial charge is 0.322 e. The average Bonchev–Trinajstić information content (AvgIpc) is 2.56. The highest BCUT2D eigenvalue weighted by Gasteiger charge is 2.01. The summed E-state index contributed by atoms with van der Waals surface area (Å²) in [5.74, 6) is -0.202. The maximum Gasteiger partial charge on any atom is 0.248 e. The van der Waals surface area contributed by atoms with E-state index in [2.05, 4.69) is 5.32 Å². The standard InChI is InChI=1S/C19H13Cl2NO/c20-17-9-5-13(11-18(17)21)6-10-19(23)22-16-8-7-14-3-1-2-4-15(14)12-16/h1-12H,(H,22,23)/b10-6+. The van der Waals surface area contributed by atoms with Gasteiger partial charge in [0.2, 0.25) is 5.91 Å². The first kappa shape index (κ1) is 15.6. The molecule has 3 aromatic carbocycles. The van der Waals surface area contributed by atoms with Gasteiger partial charge in [-0.25, -0.2) is 0 Å². The number of halogens is 2. The highest BCUT2D eigenvalue weighted by Crippen LogP contribution is 2.23. The van der Waals surface area contributed by atoms with Crippen LogP contribution in [0.4, 0.5) is 5.69 Å². The predicted octanol–water partition coefficient (Wildman–Crippen LogP) is 5.80. The molecule has 4 heteroatoms. The van der Waals surface area contributed by atoms with Gasteiger partial charge in [0.25, 0.3) is 0 Å². The van der Waals surface area contributed by atoms with E-state index in [-0.39, 0.29) is 5.91 Å². The van der Waals surface area contributed by atoms with Crippen LogP contribution >= 0.6 is 23.2 Å². The van der Waals surface area contributed by atoms with Gasteiger partial charge in [-0.05, 0) is 46.7 Å². The Morgan fingerprint density at radius 3 is 2.43 bits per heavy atom. The molecule has 0 atom stereocenters. The Balaban J connectivity index is 1.72. The molecule has 0 fully saturated rings. The van der Waals surface area contributed by atoms with Gasteiger partial charge in [0, 0.05) is 11.8 Å². The van der Waals surface area contributed by atoms with Crippen LogP contribution in [0.1, 0.15) is 5.56 Å². The molecule has 23 heavy (non-hydrogen) atoms. The maximum atomic E-state index is 12.0. The van der Waals surface area contributed by atoms with Crippen LogP contribution in [0.3, 0.4) is 0 Å². The molecule has 0 radical (unpaired) electrons. The maximum absolute atomic E-state index is 12.0. The number of hydrogen-bond donors (Lipinski definition) is 1. The lowest BCUT2D eigenvalue weighted by molar-refractivity contribution is -0.111. The van der Waals surface area contributed by atoms with E-state index in [0.717, 1.165) is 22.0 Å². The van der Waals surface area contributed by atoms with Crippen LogP contribution in [0.25, 0.3) is 16.8 Å². The second kappa shape index (κ2) is 6.86. The van der Waals surface area contributed by atoms with Crippen molar-refractivity contribution >= 4 is 51.6 Å². The molecule has 3 rings (SSSR count). The van der Waals surface area contributed by atoms with Crippen LogP contribution in [0, 0.1) is 0 Å². The van der Waals surface area contributed by atoms with Crippen LogP contribution in [0.2, 0.25) is 10.0 Å². The molecule has 0 aromatic heterocycles. The van der Waals surface area contributed by atoms with E-state index in [4.69, 9.17) is 23.2 Å². The van der Waals surface area contributed by atoms with Gasteiger partial charge < -0.3 is 5.32 Å². The molecule has 0 aliphatic heterocycles. The molecule has 0 heterocycles. The molecule has 0 aliphatic rings. The highest BCUT2D eigenvalue weighted by molar-refractivity contribution is 6.42. The molecule has 0 unspecified atom stereocenters. The lowest BCUT2D eigenvalue weighted by atomic mass is 10.1. The first-order chi connectivity index (χ1) is 11.1. The summed E-state index contributed by atoms with van der Waals surface area (Å²) < 4.78 is 0. The molecule has 1 amide bonds. The van der Waals surface area contributed by atoms with Crippen LogP contribution in [-0.4, -0.2) is 5.91 Å². The molecule has 3 aromatic rings. The SMILES string of the molecule is O=C(/C=C/c1ccc(Cl)c(Cl)c1)Nc1ccc2ccccc2c1. The van der Waals surface area contributed by atoms with Crippen molar-refractivity contribution in [3.05, 3.63) is 82.3 Å². The van der Waals surface area contributed by atoms with Crippen molar-refractivity contribution in [2.24, 2.45) is 0 Å². The van der Waals surface area contributed by atoms with Crippen molar-refractivity contribution in [3.63, 3.8) is 0 Å². The third-order valence-electron chi connectivity index (χ3n) is 3.39. The second-order valence-corrected chi connectivity index (χ2v) is 5.87. The molecule has 0 saturated heterocycles. The third kappa shape index (κ3) is 3.92. The summed E-state index contributed by atoms with van der Waals surface area (Å²) >= 11 is 11.8. The van der Waals surface area contributed by atoms with Crippen LogP contribution in [-0.2, 0) is 4.79 Å². The van der Waals surface area contributed by atoms with Gasteiger partial charge >= 0.3 is 0 Å². The zero-order valence-electron chi connectivity index (χ0n) is 12.1. The summed E-state index contributed by atoms with van der Waals surface area (Å²) in [6.07, 6.45) is 3.16. The van der Waals surface area contributed by atoms with Gasteiger partial charge in [-0.15, -0.1) is 0 Å². The van der Waals surface area contributed by atoms with Crippen LogP contribution < -0.4 is 5.32 Å². The minimum absolute atomic E-state index is 0.202. The zero-order valence-corrected chi connectivity index (χ0v) is 13.6. The normalized spacial score (nSPS) is 11.0. The lowest BCUT2D eigenvalue weighted by Crippen LogP contribution is -2.07. The summed E-state index contributed by atoms with van der Waals surface area (Å²) in [6, 6.07) is 19.0. The van der Waals surface area contributed by atoms with E-state index in [9.17, 15) is 4.79 Å². The summed E-state index contributed by atoms with van der Waals surface area (Å²) in [6.45, 7) is 0. The van der Waals surface area contributed by atoms with E-state index in [1.165, 1.54) is 6.08 Å². The van der Waals surface area contributed by atoms with Gasteiger partial charge in [0.05, 0.1) is 10.0 Å². The molecule has 2 nitrogen and oxygen atoms in total. The Labute approximate surface area is 144 Å². The number of nitrogens with one attached hydrogen (secondary N) is 1. The molecule has 0 aliphatic carbocycles. The van der Waals surface area contributed by atoms with Gasteiger partial charge in [-0.1, -0.05) is 59.6 Å². The van der Waals surface area contributed by atoms with Crippen molar-refractivity contribution in [1.29, 1.82) is 0 Å². The fourth-order valence-electron chi connectivity index (χ4n) is 2.24. The third-order valence-corrected chi connectivity index (χ3v) is 4.13. The molecule has 0 spiro atoms. The van der Waals surface area contributed by atoms with Crippen molar-refractivity contribution < 1.29 is 4.79 Å². The predicted molar refractivity (Wildman–Crippen MR) is 98.1 cm³/mol. The van der Waals surface area contributed by atoms with E-state index < -0.39 is 0 Å². The average molecular weight is 342 g/mol. The Bertz CT molecular complexity index is 903. The number of carbonyl (C=O) groups excluding carboxylic acids is 1. The fourth-order valence-corrected chi connectivity index (χ4v) is 2.55. The minimum atomic E-state index is -0.202. The molecular formula is C19H13Cl2NO. The van der Waals surface area contributed by atoms with Crippen molar-refractivity contribution in [2.45, 2.75) is 0 Å². The van der Waals surface area contributed by atoms with E-state index in [0.29, 0.717) is 10.0 Å². The number of hydrogen-bond acceptors (Lipinski definition) is 1. The van der Waals surface area contributed by atoms with Crippen LogP contribution in [0.15, 0.2) is 66.7 Å². The Kier molecular flexibility index (Phi) is 4.65. The number of carbonyl (C=O) groups is 1. The highest BCUT2D eigenvalue weighted by atomic mass is 35.5. The summed E-state index contributed by atoms with van der Waals surface area (Å²) in [5, 5.41) is 6.02. The second-order valence-electron chi connectivity index (χ2n) is 5.06. The number of rotatable bonds is 3. The van der Waals surface area contributed by atoms with Crippen molar-refractivity contribution in [3.8, 4) is 0 Å². The van der Waals surface area contributed by atoms with E-state index in [1.807, 2.05) is 42.5 Å². The summed E-state index contributed by atoms with van der Waals surface area (Å²) in [7, 11) is 0. The number of benzene rings is 3. The van der Waals surface area contributed by atoms with Gasteiger partial charge in [0.1, 0.15) is 0 Å². The first-order valence-corrected chi connectivity index (χ1v) is 7.80. The first-order valence-electron chi connectivity index (χ1n) is 7.05. The Morgan fingerprint density at radius 1 is 0.870 bits per heavy atom. The lowest BCUT2D eigenvalue weighted by Gasteiger charge is -2.04. The van der Waals surface area contributed by atoms with Crippen molar-refractivity contribution in [1.82, 2.24) is 0 Å². The number of fused-ring (bicyclic) bond motifs is 1. The van der Waals surface area contributed by atoms with Gasteiger partial charge in [-0.2, -0.15) is 0 Å². The molecule has 0 bridgehead atoms. The number of amides is 1. The monoisotopic (exact) mass is 341 g/mol. The smallest absolute Gasteiger partial charge is 0.248 e. The van der Waals surface area contributed by atoms with Crippen molar-refractivity contribution in [2.75, 3.05) is 5.32 Å². The Morgan fingerprint density at radius 2 is 1.65 bits per heavy atom. The van der Waals surface area contributed by atoms with Gasteiger partial charge in [0.15, 0.2) is 0 Å². The summed E-state index contributed by atoms with van der Waals surface area (Å²) in [4.78, 5) is 12.0. The topological polar surface area (TPSA) is 29.1 Å². The number of anilines is 1. The van der Waals surface area contributed by atoms with Gasteiger partial charge in [-0.3, -0.25) is 4.79 Å². The quantitative estimate of drug-likeness (QED) is 0.599. The molecule has 1 N–H and O–H groups in total. The Hall–Kier alpha value is -2.29. The molecule has 114 valence electrons. The minimum Gasteiger partial charge on any atom is -0.322 e. The van der Waals surface area contributed by atoms with E-state index >= 15 is 0 Å². The zero-order chi connectivity index (χ0) is 16.2.